The number of phenols is 1. The van der Waals surface area contributed by atoms with Crippen molar-refractivity contribution in [2.75, 3.05) is 18.0 Å². The number of aromatic amines is 2. The van der Waals surface area contributed by atoms with E-state index < -0.39 is 5.97 Å². The van der Waals surface area contributed by atoms with Crippen molar-refractivity contribution in [3.63, 3.8) is 0 Å². The lowest BCUT2D eigenvalue weighted by Crippen LogP contribution is -2.29. The quantitative estimate of drug-likeness (QED) is 0.289. The molecule has 9 nitrogen and oxygen atoms in total. The fraction of sp³-hybridized carbons (Fsp3) is 0.231. The Morgan fingerprint density at radius 1 is 1.03 bits per heavy atom. The molecule has 0 unspecified atom stereocenters. The Morgan fingerprint density at radius 3 is 2.60 bits per heavy atom. The number of anilines is 1. The zero-order valence-corrected chi connectivity index (χ0v) is 19.1. The van der Waals surface area contributed by atoms with E-state index in [1.807, 2.05) is 19.1 Å². The van der Waals surface area contributed by atoms with Crippen molar-refractivity contribution < 1.29 is 15.0 Å². The van der Waals surface area contributed by atoms with Gasteiger partial charge in [0.15, 0.2) is 5.65 Å². The topological polar surface area (TPSA) is 135 Å². The largest absolute Gasteiger partial charge is 0.507 e. The van der Waals surface area contributed by atoms with E-state index >= 15 is 0 Å². The molecule has 1 fully saturated rings. The number of aromatic carboxylic acids is 1. The highest BCUT2D eigenvalue weighted by molar-refractivity contribution is 6.21. The van der Waals surface area contributed by atoms with E-state index in [2.05, 4.69) is 31.1 Å². The van der Waals surface area contributed by atoms with Crippen LogP contribution in [0.3, 0.4) is 0 Å². The normalized spacial score (nSPS) is 14.3. The summed E-state index contributed by atoms with van der Waals surface area (Å²) in [5.41, 5.74) is 3.15. The van der Waals surface area contributed by atoms with Crippen molar-refractivity contribution >= 4 is 44.4 Å². The standard InChI is InChI=1S/C26H23N5O4/c1-13-20-21-16-7-6-15(31-9-3-2-4-10-31)12-18(16)27-25(33)22(21)23(28-24(20)30-29-13)14-5-8-19(32)17(11-14)26(34)35/h5-8,11-12,32H,2-4,9-10H2,1H3,(H,27,33)(H,34,35)(H,28,29,30). The molecule has 4 N–H and O–H groups in total. The predicted molar refractivity (Wildman–Crippen MR) is 134 cm³/mol. The number of nitrogens with zero attached hydrogens (tertiary/aromatic N) is 3. The van der Waals surface area contributed by atoms with Crippen molar-refractivity contribution in [1.82, 2.24) is 20.2 Å². The number of nitrogens with one attached hydrogen (secondary N) is 2. The lowest BCUT2D eigenvalue weighted by molar-refractivity contribution is 0.0694. The number of carboxylic acids is 1. The molecule has 0 saturated carbocycles. The number of carbonyl (C=O) groups is 1. The number of aromatic nitrogens is 4. The molecule has 0 bridgehead atoms. The number of aryl methyl sites for hydroxylation is 1. The maximum atomic E-state index is 13.5. The summed E-state index contributed by atoms with van der Waals surface area (Å²) in [4.78, 5) is 35.2. The van der Waals surface area contributed by atoms with Crippen LogP contribution in [0.2, 0.25) is 0 Å². The summed E-state index contributed by atoms with van der Waals surface area (Å²) in [5, 5.41) is 29.4. The van der Waals surface area contributed by atoms with Crippen LogP contribution in [-0.2, 0) is 0 Å². The fourth-order valence-corrected chi connectivity index (χ4v) is 5.14. The summed E-state index contributed by atoms with van der Waals surface area (Å²) in [6.07, 6.45) is 3.54. The van der Waals surface area contributed by atoms with Gasteiger partial charge in [-0.1, -0.05) is 6.07 Å². The van der Waals surface area contributed by atoms with Crippen LogP contribution in [0.15, 0.2) is 41.2 Å². The van der Waals surface area contributed by atoms with Crippen LogP contribution >= 0.6 is 0 Å². The van der Waals surface area contributed by atoms with Gasteiger partial charge in [-0.15, -0.1) is 0 Å². The summed E-state index contributed by atoms with van der Waals surface area (Å²) < 4.78 is 0. The van der Waals surface area contributed by atoms with Crippen LogP contribution in [0.1, 0.15) is 35.3 Å². The first-order valence-corrected chi connectivity index (χ1v) is 11.6. The molecule has 4 heterocycles. The van der Waals surface area contributed by atoms with Crippen LogP contribution in [0, 0.1) is 6.92 Å². The monoisotopic (exact) mass is 469 g/mol. The lowest BCUT2D eigenvalue weighted by atomic mass is 9.97. The maximum absolute atomic E-state index is 13.5. The van der Waals surface area contributed by atoms with Gasteiger partial charge >= 0.3 is 5.97 Å². The third-order valence-corrected chi connectivity index (χ3v) is 6.85. The van der Waals surface area contributed by atoms with Gasteiger partial charge in [0.25, 0.3) is 5.56 Å². The minimum absolute atomic E-state index is 0.265. The van der Waals surface area contributed by atoms with Crippen LogP contribution in [-0.4, -0.2) is 49.4 Å². The van der Waals surface area contributed by atoms with E-state index in [0.29, 0.717) is 27.7 Å². The number of hydrogen-bond acceptors (Lipinski definition) is 6. The summed E-state index contributed by atoms with van der Waals surface area (Å²) in [7, 11) is 0. The highest BCUT2D eigenvalue weighted by Gasteiger charge is 2.22. The van der Waals surface area contributed by atoms with Gasteiger partial charge < -0.3 is 20.1 Å². The Kier molecular flexibility index (Phi) is 4.73. The molecule has 0 atom stereocenters. The third kappa shape index (κ3) is 3.30. The van der Waals surface area contributed by atoms with Gasteiger partial charge in [-0.2, -0.15) is 5.10 Å². The highest BCUT2D eigenvalue weighted by Crippen LogP contribution is 2.37. The second kappa shape index (κ2) is 7.83. The van der Waals surface area contributed by atoms with E-state index in [1.165, 1.54) is 18.6 Å². The second-order valence-corrected chi connectivity index (χ2v) is 9.03. The van der Waals surface area contributed by atoms with Crippen molar-refractivity contribution in [3.8, 4) is 17.0 Å². The molecular formula is C26H23N5O4. The first kappa shape index (κ1) is 21.2. The number of carboxylic acid groups (broad SMARTS) is 1. The summed E-state index contributed by atoms with van der Waals surface area (Å²) in [6.45, 7) is 3.87. The Balaban J connectivity index is 1.69. The molecule has 2 aromatic carbocycles. The molecule has 6 rings (SSSR count). The van der Waals surface area contributed by atoms with Gasteiger partial charge in [0.1, 0.15) is 11.3 Å². The van der Waals surface area contributed by atoms with Crippen molar-refractivity contribution in [2.24, 2.45) is 0 Å². The minimum atomic E-state index is -1.27. The maximum Gasteiger partial charge on any atom is 0.339 e. The molecule has 1 saturated heterocycles. The summed E-state index contributed by atoms with van der Waals surface area (Å²) >= 11 is 0. The lowest BCUT2D eigenvalue weighted by Gasteiger charge is -2.29. The first-order valence-electron chi connectivity index (χ1n) is 11.6. The number of pyridine rings is 2. The SMILES string of the molecule is Cc1[nH]nc2nc(-c3ccc(O)c(C(=O)O)c3)c3c(=O)[nH]c4cc(N5CCCCC5)ccc4c3c12. The smallest absolute Gasteiger partial charge is 0.339 e. The molecule has 0 radical (unpaired) electrons. The van der Waals surface area contributed by atoms with Gasteiger partial charge in [-0.05, 0) is 56.5 Å². The number of rotatable bonds is 3. The molecule has 1 aliphatic rings. The average molecular weight is 470 g/mol. The van der Waals surface area contributed by atoms with E-state index in [-0.39, 0.29) is 16.9 Å². The van der Waals surface area contributed by atoms with Gasteiger partial charge in [0, 0.05) is 40.8 Å². The van der Waals surface area contributed by atoms with Crippen molar-refractivity contribution in [2.45, 2.75) is 26.2 Å². The highest BCUT2D eigenvalue weighted by atomic mass is 16.4. The fourth-order valence-electron chi connectivity index (χ4n) is 5.14. The number of H-pyrrole nitrogens is 2. The van der Waals surface area contributed by atoms with E-state index in [0.717, 1.165) is 53.6 Å². The Hall–Kier alpha value is -4.40. The Labute approximate surface area is 199 Å². The Morgan fingerprint density at radius 2 is 1.83 bits per heavy atom. The molecule has 0 amide bonds. The average Bonchev–Trinajstić information content (AvgIpc) is 3.24. The summed E-state index contributed by atoms with van der Waals surface area (Å²) in [6, 6.07) is 10.3. The van der Waals surface area contributed by atoms with Crippen LogP contribution in [0.5, 0.6) is 5.75 Å². The van der Waals surface area contributed by atoms with Crippen molar-refractivity contribution in [1.29, 1.82) is 0 Å². The zero-order chi connectivity index (χ0) is 24.3. The minimum Gasteiger partial charge on any atom is -0.507 e. The van der Waals surface area contributed by atoms with Gasteiger partial charge in [-0.3, -0.25) is 9.89 Å². The van der Waals surface area contributed by atoms with Crippen LogP contribution < -0.4 is 10.5 Å². The first-order chi connectivity index (χ1) is 16.9. The van der Waals surface area contributed by atoms with E-state index in [9.17, 15) is 19.8 Å². The van der Waals surface area contributed by atoms with Crippen LogP contribution in [0.25, 0.3) is 44.0 Å². The molecule has 5 aromatic rings. The van der Waals surface area contributed by atoms with E-state index in [4.69, 9.17) is 0 Å². The van der Waals surface area contributed by atoms with Gasteiger partial charge in [-0.25, -0.2) is 9.78 Å². The van der Waals surface area contributed by atoms with Crippen LogP contribution in [0.4, 0.5) is 5.69 Å². The zero-order valence-electron chi connectivity index (χ0n) is 19.1. The van der Waals surface area contributed by atoms with Gasteiger partial charge in [0.05, 0.1) is 22.0 Å². The molecule has 35 heavy (non-hydrogen) atoms. The second-order valence-electron chi connectivity index (χ2n) is 9.03. The molecule has 3 aromatic heterocycles. The summed E-state index contributed by atoms with van der Waals surface area (Å²) in [5.74, 6) is -1.62. The molecule has 0 spiro atoms. The molecule has 1 aliphatic heterocycles. The number of hydrogen-bond donors (Lipinski definition) is 4. The van der Waals surface area contributed by atoms with E-state index in [1.54, 1.807) is 6.07 Å². The van der Waals surface area contributed by atoms with Gasteiger partial charge in [0.2, 0.25) is 0 Å². The molecule has 9 heteroatoms. The van der Waals surface area contributed by atoms with Crippen molar-refractivity contribution in [3.05, 3.63) is 58.0 Å². The third-order valence-electron chi connectivity index (χ3n) is 6.85. The number of aromatic hydroxyl groups is 1. The number of piperidine rings is 1. The number of fused-ring (bicyclic) bond motifs is 5. The Bertz CT molecular complexity index is 1710. The molecule has 176 valence electrons. The molecular weight excluding hydrogens is 446 g/mol. The number of benzene rings is 2. The molecule has 0 aliphatic carbocycles. The predicted octanol–water partition coefficient (Wildman–Crippen LogP) is 4.32.